The largest absolute Gasteiger partial charge is 0.416 e. The van der Waals surface area contributed by atoms with Gasteiger partial charge in [-0.2, -0.15) is 13.2 Å². The van der Waals surface area contributed by atoms with Gasteiger partial charge in [0, 0.05) is 18.9 Å². The van der Waals surface area contributed by atoms with Crippen LogP contribution in [0, 0.1) is 0 Å². The first-order chi connectivity index (χ1) is 8.54. The molecule has 94 valence electrons. The number of nitrogens with two attached hydrogens (primary N) is 1. The van der Waals surface area contributed by atoms with E-state index >= 15 is 0 Å². The molecule has 2 nitrogen and oxygen atoms in total. The summed E-state index contributed by atoms with van der Waals surface area (Å²) in [4.78, 5) is 3.84. The molecule has 0 amide bonds. The van der Waals surface area contributed by atoms with Gasteiger partial charge in [0.2, 0.25) is 0 Å². The van der Waals surface area contributed by atoms with Crippen molar-refractivity contribution in [1.29, 1.82) is 0 Å². The second-order valence-electron chi connectivity index (χ2n) is 3.77. The predicted molar refractivity (Wildman–Crippen MR) is 62.6 cm³/mol. The summed E-state index contributed by atoms with van der Waals surface area (Å²) in [5.74, 6) is 0. The number of hydrogen-bond acceptors (Lipinski definition) is 2. The lowest BCUT2D eigenvalue weighted by molar-refractivity contribution is -0.138. The first-order valence-corrected chi connectivity index (χ1v) is 5.33. The third-order valence-electron chi connectivity index (χ3n) is 2.68. The summed E-state index contributed by atoms with van der Waals surface area (Å²) < 4.78 is 38.6. The molecule has 0 radical (unpaired) electrons. The maximum Gasteiger partial charge on any atom is 0.416 e. The Morgan fingerprint density at radius 2 is 1.72 bits per heavy atom. The Morgan fingerprint density at radius 3 is 2.28 bits per heavy atom. The van der Waals surface area contributed by atoms with Gasteiger partial charge in [-0.25, -0.2) is 0 Å². The first-order valence-electron chi connectivity index (χ1n) is 5.33. The highest BCUT2D eigenvalue weighted by molar-refractivity contribution is 5.68. The van der Waals surface area contributed by atoms with Gasteiger partial charge in [-0.1, -0.05) is 12.1 Å². The van der Waals surface area contributed by atoms with Crippen LogP contribution >= 0.6 is 0 Å². The Hall–Kier alpha value is -1.88. The summed E-state index contributed by atoms with van der Waals surface area (Å²) in [5, 5.41) is 0. The molecule has 0 spiro atoms. The molecule has 2 aromatic rings. The molecular formula is C13H11F3N2. The third kappa shape index (κ3) is 2.36. The molecule has 0 aliphatic heterocycles. The van der Waals surface area contributed by atoms with E-state index in [-0.39, 0.29) is 12.1 Å². The zero-order valence-corrected chi connectivity index (χ0v) is 9.41. The Bertz CT molecular complexity index is 536. The monoisotopic (exact) mass is 252 g/mol. The van der Waals surface area contributed by atoms with Crippen molar-refractivity contribution in [2.45, 2.75) is 12.7 Å². The van der Waals surface area contributed by atoms with Crippen molar-refractivity contribution in [2.24, 2.45) is 5.73 Å². The third-order valence-corrected chi connectivity index (χ3v) is 2.68. The average molecular weight is 252 g/mol. The average Bonchev–Trinajstić information content (AvgIpc) is 2.37. The molecular weight excluding hydrogens is 241 g/mol. The first kappa shape index (κ1) is 12.6. The normalized spacial score (nSPS) is 11.6. The van der Waals surface area contributed by atoms with Gasteiger partial charge >= 0.3 is 6.18 Å². The molecule has 0 bridgehead atoms. The van der Waals surface area contributed by atoms with Crippen LogP contribution in [0.4, 0.5) is 13.2 Å². The van der Waals surface area contributed by atoms with Crippen LogP contribution < -0.4 is 5.73 Å². The number of rotatable bonds is 2. The van der Waals surface area contributed by atoms with Crippen LogP contribution in [0.15, 0.2) is 42.7 Å². The molecule has 2 N–H and O–H groups in total. The Morgan fingerprint density at radius 1 is 1.06 bits per heavy atom. The molecule has 0 saturated heterocycles. The van der Waals surface area contributed by atoms with Gasteiger partial charge in [-0.3, -0.25) is 4.98 Å². The van der Waals surface area contributed by atoms with E-state index in [2.05, 4.69) is 4.98 Å². The second-order valence-corrected chi connectivity index (χ2v) is 3.77. The van der Waals surface area contributed by atoms with E-state index in [4.69, 9.17) is 5.73 Å². The van der Waals surface area contributed by atoms with Gasteiger partial charge < -0.3 is 5.73 Å². The lowest BCUT2D eigenvalue weighted by atomic mass is 9.96. The SMILES string of the molecule is NCc1c(-c2ccncc2)cccc1C(F)(F)F. The molecule has 5 heteroatoms. The van der Waals surface area contributed by atoms with Crippen molar-refractivity contribution < 1.29 is 13.2 Å². The van der Waals surface area contributed by atoms with Crippen LogP contribution in [0.5, 0.6) is 0 Å². The fraction of sp³-hybridized carbons (Fsp3) is 0.154. The summed E-state index contributed by atoms with van der Waals surface area (Å²) in [7, 11) is 0. The molecule has 0 fully saturated rings. The molecule has 0 aliphatic carbocycles. The summed E-state index contributed by atoms with van der Waals surface area (Å²) in [5.41, 5.74) is 6.07. The minimum Gasteiger partial charge on any atom is -0.326 e. The lowest BCUT2D eigenvalue weighted by Crippen LogP contribution is -2.13. The van der Waals surface area contributed by atoms with Crippen molar-refractivity contribution in [3.05, 3.63) is 53.9 Å². The lowest BCUT2D eigenvalue weighted by Gasteiger charge is -2.15. The molecule has 0 aliphatic rings. The van der Waals surface area contributed by atoms with Crippen molar-refractivity contribution in [2.75, 3.05) is 0 Å². The van der Waals surface area contributed by atoms with Crippen LogP contribution in [-0.2, 0) is 12.7 Å². The number of nitrogens with zero attached hydrogens (tertiary/aromatic N) is 1. The highest BCUT2D eigenvalue weighted by Crippen LogP contribution is 2.36. The number of pyridine rings is 1. The zero-order chi connectivity index (χ0) is 13.2. The van der Waals surface area contributed by atoms with Gasteiger partial charge in [-0.15, -0.1) is 0 Å². The topological polar surface area (TPSA) is 38.9 Å². The number of aromatic nitrogens is 1. The Labute approximate surface area is 102 Å². The number of halogens is 3. The van der Waals surface area contributed by atoms with E-state index in [1.807, 2.05) is 0 Å². The predicted octanol–water partition coefficient (Wildman–Crippen LogP) is 3.23. The number of alkyl halides is 3. The summed E-state index contributed by atoms with van der Waals surface area (Å²) >= 11 is 0. The smallest absolute Gasteiger partial charge is 0.326 e. The summed E-state index contributed by atoms with van der Waals surface area (Å²) in [6, 6.07) is 7.39. The maximum absolute atomic E-state index is 12.9. The molecule has 1 aromatic carbocycles. The van der Waals surface area contributed by atoms with Gasteiger partial charge in [0.25, 0.3) is 0 Å². The number of hydrogen-bond donors (Lipinski definition) is 1. The molecule has 0 atom stereocenters. The molecule has 0 unspecified atom stereocenters. The quantitative estimate of drug-likeness (QED) is 0.891. The molecule has 1 heterocycles. The van der Waals surface area contributed by atoms with Crippen LogP contribution in [0.2, 0.25) is 0 Å². The van der Waals surface area contributed by atoms with Crippen LogP contribution in [0.3, 0.4) is 0 Å². The van der Waals surface area contributed by atoms with E-state index in [0.29, 0.717) is 11.1 Å². The van der Waals surface area contributed by atoms with Crippen molar-refractivity contribution >= 4 is 0 Å². The highest BCUT2D eigenvalue weighted by Gasteiger charge is 2.33. The van der Waals surface area contributed by atoms with Gasteiger partial charge in [0.05, 0.1) is 5.56 Å². The van der Waals surface area contributed by atoms with Crippen molar-refractivity contribution in [3.8, 4) is 11.1 Å². The van der Waals surface area contributed by atoms with E-state index in [1.54, 1.807) is 18.2 Å². The van der Waals surface area contributed by atoms with Crippen LogP contribution in [-0.4, -0.2) is 4.98 Å². The highest BCUT2D eigenvalue weighted by atomic mass is 19.4. The van der Waals surface area contributed by atoms with Gasteiger partial charge in [0.1, 0.15) is 0 Å². The van der Waals surface area contributed by atoms with Crippen LogP contribution in [0.1, 0.15) is 11.1 Å². The number of benzene rings is 1. The van der Waals surface area contributed by atoms with E-state index in [0.717, 1.165) is 6.07 Å². The van der Waals surface area contributed by atoms with Gasteiger partial charge in [-0.05, 0) is 34.9 Å². The minimum absolute atomic E-state index is 0.108. The summed E-state index contributed by atoms with van der Waals surface area (Å²) in [6.07, 6.45) is -1.32. The Kier molecular flexibility index (Phi) is 3.34. The maximum atomic E-state index is 12.9. The van der Waals surface area contributed by atoms with Crippen molar-refractivity contribution in [3.63, 3.8) is 0 Å². The second kappa shape index (κ2) is 4.78. The minimum atomic E-state index is -4.39. The van der Waals surface area contributed by atoms with Crippen molar-refractivity contribution in [1.82, 2.24) is 4.98 Å². The molecule has 18 heavy (non-hydrogen) atoms. The van der Waals surface area contributed by atoms with Gasteiger partial charge in [0.15, 0.2) is 0 Å². The molecule has 0 saturated carbocycles. The molecule has 1 aromatic heterocycles. The Balaban J connectivity index is 2.63. The summed E-state index contributed by atoms with van der Waals surface area (Å²) in [6.45, 7) is -0.159. The zero-order valence-electron chi connectivity index (χ0n) is 9.41. The van der Waals surface area contributed by atoms with E-state index < -0.39 is 11.7 Å². The molecule has 2 rings (SSSR count). The van der Waals surface area contributed by atoms with Crippen LogP contribution in [0.25, 0.3) is 11.1 Å². The van der Waals surface area contributed by atoms with E-state index in [1.165, 1.54) is 18.5 Å². The fourth-order valence-electron chi connectivity index (χ4n) is 1.87. The standard InChI is InChI=1S/C13H11F3N2/c14-13(15,16)12-3-1-2-10(11(12)8-17)9-4-6-18-7-5-9/h1-7H,8,17H2. The fourth-order valence-corrected chi connectivity index (χ4v) is 1.87. The van der Waals surface area contributed by atoms with E-state index in [9.17, 15) is 13.2 Å².